The van der Waals surface area contributed by atoms with E-state index in [1.54, 1.807) is 0 Å². The number of benzene rings is 3. The Balaban J connectivity index is 1.79. The highest BCUT2D eigenvalue weighted by Gasteiger charge is 2.50. The minimum Gasteiger partial charge on any atom is -0.403 e. The molecule has 0 atom stereocenters. The number of carbonyl (C=O) groups excluding carboxylic acids is 1. The smallest absolute Gasteiger partial charge is 0.261 e. The molecule has 0 unspecified atom stereocenters. The fourth-order valence-corrected chi connectivity index (χ4v) is 10.2. The molecule has 0 aliphatic carbocycles. The molecule has 0 spiro atoms. The summed E-state index contributed by atoms with van der Waals surface area (Å²) in [7, 11) is -2.79. The van der Waals surface area contributed by atoms with Crippen LogP contribution in [0.15, 0.2) is 85.1 Å². The van der Waals surface area contributed by atoms with E-state index < -0.39 is 8.32 Å². The molecule has 0 fully saturated rings. The van der Waals surface area contributed by atoms with Crippen molar-refractivity contribution in [3.05, 3.63) is 106 Å². The summed E-state index contributed by atoms with van der Waals surface area (Å²) in [4.78, 5) is 12.4. The van der Waals surface area contributed by atoms with Crippen LogP contribution in [0.3, 0.4) is 0 Å². The van der Waals surface area contributed by atoms with Gasteiger partial charge in [0.25, 0.3) is 8.32 Å². The van der Waals surface area contributed by atoms with Gasteiger partial charge in [0, 0.05) is 23.2 Å². The molecule has 4 rings (SSSR count). The third-order valence-corrected chi connectivity index (χ3v) is 12.9. The summed E-state index contributed by atoms with van der Waals surface area (Å²) in [6, 6.07) is 26.7. The normalized spacial score (nSPS) is 12.0. The number of halogens is 2. The van der Waals surface area contributed by atoms with Crippen molar-refractivity contribution in [3.8, 4) is 5.69 Å². The monoisotopic (exact) mass is 578 g/mol. The van der Waals surface area contributed by atoms with Gasteiger partial charge >= 0.3 is 0 Å². The first-order valence-electron chi connectivity index (χ1n) is 13.3. The Morgan fingerprint density at radius 3 is 2.05 bits per heavy atom. The zero-order valence-electron chi connectivity index (χ0n) is 23.2. The second-order valence-electron chi connectivity index (χ2n) is 10.8. The highest BCUT2D eigenvalue weighted by atomic mass is 35.5. The van der Waals surface area contributed by atoms with E-state index in [4.69, 9.17) is 27.6 Å². The van der Waals surface area contributed by atoms with Crippen LogP contribution in [-0.4, -0.2) is 18.8 Å². The summed E-state index contributed by atoms with van der Waals surface area (Å²) in [6.07, 6.45) is 3.15. The van der Waals surface area contributed by atoms with Gasteiger partial charge in [-0.3, -0.25) is 4.79 Å². The van der Waals surface area contributed by atoms with E-state index >= 15 is 0 Å². The quantitative estimate of drug-likeness (QED) is 0.205. The van der Waals surface area contributed by atoms with E-state index in [1.165, 1.54) is 10.4 Å². The number of carbonyl (C=O) groups is 1. The number of aryl methyl sites for hydroxylation is 1. The van der Waals surface area contributed by atoms with Crippen molar-refractivity contribution in [2.24, 2.45) is 0 Å². The minimum absolute atomic E-state index is 0.0270. The molecule has 1 aromatic heterocycles. The number of hydrogen-bond acceptors (Lipinski definition) is 2. The maximum Gasteiger partial charge on any atom is 0.261 e. The molecule has 4 nitrogen and oxygen atoms in total. The molecule has 0 saturated heterocycles. The third kappa shape index (κ3) is 5.87. The van der Waals surface area contributed by atoms with Gasteiger partial charge in [0.1, 0.15) is 5.82 Å². The lowest BCUT2D eigenvalue weighted by atomic mass is 10.2. The molecule has 204 valence electrons. The van der Waals surface area contributed by atoms with Crippen LogP contribution in [0, 0.1) is 6.92 Å². The summed E-state index contributed by atoms with van der Waals surface area (Å²) in [5.41, 5.74) is 2.42. The van der Waals surface area contributed by atoms with Crippen LogP contribution in [0.25, 0.3) is 5.69 Å². The first kappa shape index (κ1) is 29.2. The van der Waals surface area contributed by atoms with E-state index in [0.717, 1.165) is 23.2 Å². The van der Waals surface area contributed by atoms with Crippen molar-refractivity contribution in [2.75, 3.05) is 5.32 Å². The number of nitrogens with zero attached hydrogens (tertiary/aromatic N) is 1. The first-order valence-corrected chi connectivity index (χ1v) is 16.0. The van der Waals surface area contributed by atoms with Crippen LogP contribution in [0.1, 0.15) is 51.7 Å². The van der Waals surface area contributed by atoms with Gasteiger partial charge < -0.3 is 14.3 Å². The number of nitrogens with one attached hydrogen (secondary N) is 1. The molecule has 3 aromatic carbocycles. The Morgan fingerprint density at radius 1 is 0.923 bits per heavy atom. The molecule has 0 aliphatic rings. The minimum atomic E-state index is -2.79. The van der Waals surface area contributed by atoms with Crippen LogP contribution in [-0.2, 0) is 15.8 Å². The van der Waals surface area contributed by atoms with Crippen molar-refractivity contribution in [3.63, 3.8) is 0 Å². The molecule has 1 N–H and O–H groups in total. The Bertz CT molecular complexity index is 1390. The van der Waals surface area contributed by atoms with Crippen LogP contribution < -0.4 is 15.7 Å². The number of rotatable bonds is 9. The average Bonchev–Trinajstić information content (AvgIpc) is 3.26. The van der Waals surface area contributed by atoms with Crippen molar-refractivity contribution in [1.29, 1.82) is 0 Å². The molecule has 39 heavy (non-hydrogen) atoms. The zero-order valence-corrected chi connectivity index (χ0v) is 25.7. The van der Waals surface area contributed by atoms with Gasteiger partial charge in [0.05, 0.1) is 17.3 Å². The molecule has 1 amide bonds. The number of hydrogen-bond donors (Lipinski definition) is 1. The predicted molar refractivity (Wildman–Crippen MR) is 166 cm³/mol. The first-order chi connectivity index (χ1) is 18.6. The molecule has 0 bridgehead atoms. The van der Waals surface area contributed by atoms with Crippen LogP contribution >= 0.6 is 23.2 Å². The Kier molecular flexibility index (Phi) is 9.07. The second-order valence-corrected chi connectivity index (χ2v) is 15.9. The summed E-state index contributed by atoms with van der Waals surface area (Å²) in [5.74, 6) is 0.678. The van der Waals surface area contributed by atoms with Crippen molar-refractivity contribution >= 4 is 53.6 Å². The fraction of sp³-hybridized carbons (Fsp3) is 0.281. The molecule has 4 aromatic rings. The van der Waals surface area contributed by atoms with E-state index in [0.29, 0.717) is 22.3 Å². The molecule has 7 heteroatoms. The fourth-order valence-electron chi connectivity index (χ4n) is 5.16. The second kappa shape index (κ2) is 12.1. The van der Waals surface area contributed by atoms with E-state index in [9.17, 15) is 4.79 Å². The van der Waals surface area contributed by atoms with Gasteiger partial charge in [-0.15, -0.1) is 0 Å². The molecule has 0 saturated carbocycles. The molecule has 0 radical (unpaired) electrons. The van der Waals surface area contributed by atoms with Gasteiger partial charge in [-0.2, -0.15) is 0 Å². The lowest BCUT2D eigenvalue weighted by Gasteiger charge is -2.43. The van der Waals surface area contributed by atoms with Crippen LogP contribution in [0.2, 0.25) is 15.1 Å². The zero-order chi connectivity index (χ0) is 28.2. The lowest BCUT2D eigenvalue weighted by molar-refractivity contribution is -0.116. The van der Waals surface area contributed by atoms with Crippen LogP contribution in [0.5, 0.6) is 0 Å². The number of aromatic nitrogens is 1. The number of amides is 1. The Hall–Kier alpha value is -2.83. The third-order valence-electron chi connectivity index (χ3n) is 7.10. The highest BCUT2D eigenvalue weighted by Crippen LogP contribution is 2.39. The maximum absolute atomic E-state index is 12.4. The Labute approximate surface area is 243 Å². The van der Waals surface area contributed by atoms with E-state index in [2.05, 4.69) is 74.6 Å². The number of anilines is 1. The average molecular weight is 580 g/mol. The van der Waals surface area contributed by atoms with Gasteiger partial charge in [-0.25, -0.2) is 0 Å². The maximum atomic E-state index is 12.4. The van der Waals surface area contributed by atoms with Crippen LogP contribution in [0.4, 0.5) is 5.82 Å². The standard InChI is InChI=1S/C32H36Cl2N2O2Si/c1-6-13-29(37)35-31-23(2)20-21-36(31)28-19-18-27(33)26(30(28)34)22-38-39(32(3,4)5,24-14-9-7-10-15-24)25-16-11-8-12-17-25/h7-12,14-21H,6,13,22H2,1-5H3,(H,35,37). The lowest BCUT2D eigenvalue weighted by Crippen LogP contribution is -2.66. The largest absolute Gasteiger partial charge is 0.403 e. The summed E-state index contributed by atoms with van der Waals surface area (Å²) in [5, 5.41) is 6.29. The summed E-state index contributed by atoms with van der Waals surface area (Å²) < 4.78 is 9.04. The van der Waals surface area contributed by atoms with Gasteiger partial charge in [0.15, 0.2) is 0 Å². The van der Waals surface area contributed by atoms with Crippen molar-refractivity contribution < 1.29 is 9.22 Å². The predicted octanol–water partition coefficient (Wildman–Crippen LogP) is 7.91. The molecular formula is C32H36Cl2N2O2Si. The molecule has 0 aliphatic heterocycles. The highest BCUT2D eigenvalue weighted by molar-refractivity contribution is 6.99. The van der Waals surface area contributed by atoms with Gasteiger partial charge in [0.2, 0.25) is 5.91 Å². The summed E-state index contributed by atoms with van der Waals surface area (Å²) in [6.45, 7) is 10.9. The van der Waals surface area contributed by atoms with Gasteiger partial charge in [-0.1, -0.05) is 112 Å². The van der Waals surface area contributed by atoms with Crippen molar-refractivity contribution in [1.82, 2.24) is 4.57 Å². The van der Waals surface area contributed by atoms with Gasteiger partial charge in [-0.05, 0) is 52.5 Å². The molecular weight excluding hydrogens is 543 g/mol. The topological polar surface area (TPSA) is 43.3 Å². The SMILES string of the molecule is CCCC(=O)Nc1c(C)ccn1-c1ccc(Cl)c(CO[Si](c2ccccc2)(c2ccccc2)C(C)(C)C)c1Cl. The van der Waals surface area contributed by atoms with E-state index in [1.807, 2.05) is 54.9 Å². The summed E-state index contributed by atoms with van der Waals surface area (Å²) >= 11 is 13.8. The van der Waals surface area contributed by atoms with Crippen molar-refractivity contribution in [2.45, 2.75) is 59.1 Å². The van der Waals surface area contributed by atoms with E-state index in [-0.39, 0.29) is 17.6 Å². The Morgan fingerprint density at radius 2 is 1.51 bits per heavy atom. The molecule has 1 heterocycles.